The molecular weight excluding hydrogens is 248 g/mol. The van der Waals surface area contributed by atoms with E-state index in [0.29, 0.717) is 12.5 Å². The predicted molar refractivity (Wildman–Crippen MR) is 78.6 cm³/mol. The van der Waals surface area contributed by atoms with Crippen molar-refractivity contribution < 1.29 is 0 Å². The monoisotopic (exact) mass is 262 g/mol. The molecular formula is C16H14N4. The van der Waals surface area contributed by atoms with E-state index in [9.17, 15) is 0 Å². The molecule has 3 aromatic rings. The number of benzene rings is 1. The third-order valence-corrected chi connectivity index (χ3v) is 2.92. The maximum absolute atomic E-state index is 4.35. The van der Waals surface area contributed by atoms with Crippen LogP contribution in [0.2, 0.25) is 0 Å². The number of hydrogen-bond donors (Lipinski definition) is 0. The first kappa shape index (κ1) is 12.3. The van der Waals surface area contributed by atoms with Gasteiger partial charge in [0.2, 0.25) is 5.95 Å². The van der Waals surface area contributed by atoms with Gasteiger partial charge in [-0.1, -0.05) is 24.3 Å². The molecule has 0 atom stereocenters. The molecule has 3 rings (SSSR count). The molecule has 0 bridgehead atoms. The standard InChI is InChI=1S/C16H14N4/c1-2-7-15(8-3-1)20(16-18-10-5-11-19-16)13-14-6-4-9-17-12-14/h1-12H,13H2. The van der Waals surface area contributed by atoms with Gasteiger partial charge in [0, 0.05) is 30.5 Å². The van der Waals surface area contributed by atoms with Crippen LogP contribution < -0.4 is 4.90 Å². The van der Waals surface area contributed by atoms with E-state index in [2.05, 4.69) is 19.9 Å². The van der Waals surface area contributed by atoms with E-state index in [1.807, 2.05) is 54.7 Å². The Labute approximate surface area is 117 Å². The highest BCUT2D eigenvalue weighted by Gasteiger charge is 2.11. The molecule has 0 saturated carbocycles. The van der Waals surface area contributed by atoms with Crippen molar-refractivity contribution >= 4 is 11.6 Å². The highest BCUT2D eigenvalue weighted by atomic mass is 15.2. The van der Waals surface area contributed by atoms with Crippen molar-refractivity contribution in [3.63, 3.8) is 0 Å². The van der Waals surface area contributed by atoms with Crippen molar-refractivity contribution in [1.82, 2.24) is 15.0 Å². The Hall–Kier alpha value is -2.75. The van der Waals surface area contributed by atoms with Gasteiger partial charge in [0.05, 0.1) is 6.54 Å². The molecule has 0 spiro atoms. The fourth-order valence-corrected chi connectivity index (χ4v) is 1.99. The third-order valence-electron chi connectivity index (χ3n) is 2.92. The summed E-state index contributed by atoms with van der Waals surface area (Å²) >= 11 is 0. The molecule has 0 radical (unpaired) electrons. The van der Waals surface area contributed by atoms with E-state index < -0.39 is 0 Å². The number of aromatic nitrogens is 3. The zero-order valence-corrected chi connectivity index (χ0v) is 10.9. The lowest BCUT2D eigenvalue weighted by molar-refractivity contribution is 0.905. The van der Waals surface area contributed by atoms with Crippen LogP contribution in [-0.4, -0.2) is 15.0 Å². The average Bonchev–Trinajstić information content (AvgIpc) is 2.55. The zero-order chi connectivity index (χ0) is 13.6. The maximum atomic E-state index is 4.35. The van der Waals surface area contributed by atoms with Gasteiger partial charge in [0.25, 0.3) is 0 Å². The third kappa shape index (κ3) is 2.80. The molecule has 0 fully saturated rings. The minimum Gasteiger partial charge on any atom is -0.306 e. The van der Waals surface area contributed by atoms with Crippen molar-refractivity contribution in [2.45, 2.75) is 6.54 Å². The Bertz CT molecular complexity index is 602. The van der Waals surface area contributed by atoms with Crippen molar-refractivity contribution in [3.05, 3.63) is 78.9 Å². The summed E-state index contributed by atoms with van der Waals surface area (Å²) in [6, 6.07) is 15.9. The molecule has 98 valence electrons. The average molecular weight is 262 g/mol. The van der Waals surface area contributed by atoms with E-state index in [-0.39, 0.29) is 0 Å². The summed E-state index contributed by atoms with van der Waals surface area (Å²) in [7, 11) is 0. The number of para-hydroxylation sites is 1. The van der Waals surface area contributed by atoms with Crippen LogP contribution in [0.5, 0.6) is 0 Å². The SMILES string of the molecule is c1ccc(N(Cc2cccnc2)c2ncccn2)cc1. The lowest BCUT2D eigenvalue weighted by Crippen LogP contribution is -2.18. The van der Waals surface area contributed by atoms with Crippen LogP contribution in [0.3, 0.4) is 0 Å². The second-order valence-corrected chi connectivity index (χ2v) is 4.33. The van der Waals surface area contributed by atoms with Crippen LogP contribution in [-0.2, 0) is 6.54 Å². The van der Waals surface area contributed by atoms with Crippen LogP contribution in [0.1, 0.15) is 5.56 Å². The van der Waals surface area contributed by atoms with Crippen LogP contribution in [0, 0.1) is 0 Å². The van der Waals surface area contributed by atoms with Gasteiger partial charge in [-0.2, -0.15) is 0 Å². The molecule has 2 aromatic heterocycles. The largest absolute Gasteiger partial charge is 0.306 e. The lowest BCUT2D eigenvalue weighted by Gasteiger charge is -2.22. The van der Waals surface area contributed by atoms with Crippen LogP contribution in [0.15, 0.2) is 73.3 Å². The van der Waals surface area contributed by atoms with Crippen molar-refractivity contribution in [3.8, 4) is 0 Å². The smallest absolute Gasteiger partial charge is 0.230 e. The number of nitrogens with zero attached hydrogens (tertiary/aromatic N) is 4. The minimum absolute atomic E-state index is 0.682. The van der Waals surface area contributed by atoms with E-state index in [1.54, 1.807) is 18.6 Å². The van der Waals surface area contributed by atoms with E-state index >= 15 is 0 Å². The minimum atomic E-state index is 0.682. The highest BCUT2D eigenvalue weighted by Crippen LogP contribution is 2.23. The molecule has 2 heterocycles. The summed E-state index contributed by atoms with van der Waals surface area (Å²) < 4.78 is 0. The molecule has 0 aliphatic rings. The Kier molecular flexibility index (Phi) is 3.64. The van der Waals surface area contributed by atoms with Crippen molar-refractivity contribution in [2.24, 2.45) is 0 Å². The van der Waals surface area contributed by atoms with Gasteiger partial charge in [-0.25, -0.2) is 9.97 Å². The Morgan fingerprint density at radius 1 is 0.800 bits per heavy atom. The normalized spacial score (nSPS) is 10.2. The molecule has 0 saturated heterocycles. The summed E-state index contributed by atoms with van der Waals surface area (Å²) in [5.41, 5.74) is 2.17. The highest BCUT2D eigenvalue weighted by molar-refractivity contribution is 5.56. The van der Waals surface area contributed by atoms with Crippen molar-refractivity contribution in [2.75, 3.05) is 4.90 Å². The summed E-state index contributed by atoms with van der Waals surface area (Å²) in [5.74, 6) is 0.683. The quantitative estimate of drug-likeness (QED) is 0.724. The summed E-state index contributed by atoms with van der Waals surface area (Å²) in [6.07, 6.45) is 7.14. The van der Waals surface area contributed by atoms with Gasteiger partial charge in [-0.3, -0.25) is 4.98 Å². The van der Waals surface area contributed by atoms with E-state index in [1.165, 1.54) is 0 Å². The summed E-state index contributed by atoms with van der Waals surface area (Å²) in [6.45, 7) is 0.682. The first-order valence-corrected chi connectivity index (χ1v) is 6.42. The molecule has 0 unspecified atom stereocenters. The molecule has 20 heavy (non-hydrogen) atoms. The topological polar surface area (TPSA) is 41.9 Å². The van der Waals surface area contributed by atoms with Gasteiger partial charge in [0.1, 0.15) is 0 Å². The van der Waals surface area contributed by atoms with E-state index in [4.69, 9.17) is 0 Å². The molecule has 0 aliphatic carbocycles. The molecule has 4 heteroatoms. The van der Waals surface area contributed by atoms with Crippen LogP contribution in [0.25, 0.3) is 0 Å². The van der Waals surface area contributed by atoms with Crippen molar-refractivity contribution in [1.29, 1.82) is 0 Å². The molecule has 0 N–H and O–H groups in total. The lowest BCUT2D eigenvalue weighted by atomic mass is 10.2. The Morgan fingerprint density at radius 2 is 1.60 bits per heavy atom. The zero-order valence-electron chi connectivity index (χ0n) is 10.9. The maximum Gasteiger partial charge on any atom is 0.230 e. The number of hydrogen-bond acceptors (Lipinski definition) is 4. The molecule has 0 aliphatic heterocycles. The number of pyridine rings is 1. The fourth-order valence-electron chi connectivity index (χ4n) is 1.99. The second-order valence-electron chi connectivity index (χ2n) is 4.33. The van der Waals surface area contributed by atoms with E-state index in [0.717, 1.165) is 11.3 Å². The van der Waals surface area contributed by atoms with Gasteiger partial charge in [-0.05, 0) is 29.8 Å². The summed E-state index contributed by atoms with van der Waals surface area (Å²) in [5, 5.41) is 0. The van der Waals surface area contributed by atoms with Gasteiger partial charge < -0.3 is 4.90 Å². The first-order chi connectivity index (χ1) is 9.93. The van der Waals surface area contributed by atoms with Gasteiger partial charge >= 0.3 is 0 Å². The predicted octanol–water partition coefficient (Wildman–Crippen LogP) is 3.21. The Morgan fingerprint density at radius 3 is 2.30 bits per heavy atom. The molecule has 0 amide bonds. The Balaban J connectivity index is 1.96. The fraction of sp³-hybridized carbons (Fsp3) is 0.0625. The second kappa shape index (κ2) is 5.93. The van der Waals surface area contributed by atoms with Gasteiger partial charge in [-0.15, -0.1) is 0 Å². The number of rotatable bonds is 4. The van der Waals surface area contributed by atoms with Crippen LogP contribution in [0.4, 0.5) is 11.6 Å². The van der Waals surface area contributed by atoms with Gasteiger partial charge in [0.15, 0.2) is 0 Å². The summed E-state index contributed by atoms with van der Waals surface area (Å²) in [4.78, 5) is 14.9. The van der Waals surface area contributed by atoms with Crippen LogP contribution >= 0.6 is 0 Å². The first-order valence-electron chi connectivity index (χ1n) is 6.42. The molecule has 1 aromatic carbocycles. The molecule has 4 nitrogen and oxygen atoms in total. The number of anilines is 2.